The van der Waals surface area contributed by atoms with Crippen molar-refractivity contribution in [3.8, 4) is 0 Å². The molecule has 1 fully saturated rings. The van der Waals surface area contributed by atoms with Crippen LogP contribution >= 0.6 is 0 Å². The van der Waals surface area contributed by atoms with E-state index in [0.717, 1.165) is 39.1 Å². The van der Waals surface area contributed by atoms with Crippen LogP contribution in [-0.4, -0.2) is 59.6 Å². The van der Waals surface area contributed by atoms with E-state index in [1.807, 2.05) is 10.8 Å². The SMILES string of the molecule is O=C(CN1CCCNCC1)NCCn1ccnc1. The van der Waals surface area contributed by atoms with Crippen molar-refractivity contribution < 1.29 is 4.79 Å². The molecule has 0 radical (unpaired) electrons. The third kappa shape index (κ3) is 4.46. The first kappa shape index (κ1) is 13.0. The molecule has 1 aliphatic heterocycles. The van der Waals surface area contributed by atoms with Crippen LogP contribution in [-0.2, 0) is 11.3 Å². The molecule has 1 amide bonds. The molecule has 0 atom stereocenters. The van der Waals surface area contributed by atoms with Gasteiger partial charge in [-0.3, -0.25) is 9.69 Å². The molecular weight excluding hydrogens is 230 g/mol. The predicted molar refractivity (Wildman–Crippen MR) is 69.2 cm³/mol. The van der Waals surface area contributed by atoms with Crippen molar-refractivity contribution in [2.75, 3.05) is 39.3 Å². The lowest BCUT2D eigenvalue weighted by molar-refractivity contribution is -0.122. The maximum Gasteiger partial charge on any atom is 0.234 e. The molecule has 0 unspecified atom stereocenters. The van der Waals surface area contributed by atoms with Crippen molar-refractivity contribution in [1.82, 2.24) is 25.1 Å². The van der Waals surface area contributed by atoms with Crippen LogP contribution in [0.15, 0.2) is 18.7 Å². The molecule has 100 valence electrons. The van der Waals surface area contributed by atoms with Gasteiger partial charge in [0.15, 0.2) is 0 Å². The van der Waals surface area contributed by atoms with Crippen molar-refractivity contribution in [2.24, 2.45) is 0 Å². The summed E-state index contributed by atoms with van der Waals surface area (Å²) < 4.78 is 1.95. The van der Waals surface area contributed by atoms with Crippen LogP contribution in [0.1, 0.15) is 6.42 Å². The molecule has 6 heteroatoms. The van der Waals surface area contributed by atoms with Gasteiger partial charge >= 0.3 is 0 Å². The van der Waals surface area contributed by atoms with Crippen LogP contribution in [0.3, 0.4) is 0 Å². The van der Waals surface area contributed by atoms with E-state index in [4.69, 9.17) is 0 Å². The van der Waals surface area contributed by atoms with Crippen LogP contribution in [0.25, 0.3) is 0 Å². The minimum absolute atomic E-state index is 0.108. The second-order valence-corrected chi connectivity index (χ2v) is 4.53. The van der Waals surface area contributed by atoms with E-state index >= 15 is 0 Å². The van der Waals surface area contributed by atoms with Gasteiger partial charge in [0, 0.05) is 38.6 Å². The number of hydrogen-bond acceptors (Lipinski definition) is 4. The number of carbonyl (C=O) groups is 1. The molecule has 0 spiro atoms. The summed E-state index contributed by atoms with van der Waals surface area (Å²) in [6.45, 7) is 5.91. The lowest BCUT2D eigenvalue weighted by Gasteiger charge is -2.18. The van der Waals surface area contributed by atoms with Gasteiger partial charge in [0.05, 0.1) is 12.9 Å². The summed E-state index contributed by atoms with van der Waals surface area (Å²) >= 11 is 0. The smallest absolute Gasteiger partial charge is 0.234 e. The second kappa shape index (κ2) is 7.13. The van der Waals surface area contributed by atoms with Gasteiger partial charge in [0.2, 0.25) is 5.91 Å². The summed E-state index contributed by atoms with van der Waals surface area (Å²) in [7, 11) is 0. The molecule has 2 rings (SSSR count). The monoisotopic (exact) mass is 251 g/mol. The zero-order valence-electron chi connectivity index (χ0n) is 10.6. The Bertz CT molecular complexity index is 343. The topological polar surface area (TPSA) is 62.2 Å². The van der Waals surface area contributed by atoms with Crippen LogP contribution in [0.4, 0.5) is 0 Å². The number of nitrogens with zero attached hydrogens (tertiary/aromatic N) is 3. The van der Waals surface area contributed by atoms with E-state index in [0.29, 0.717) is 13.1 Å². The first-order valence-electron chi connectivity index (χ1n) is 6.50. The average Bonchev–Trinajstić information content (AvgIpc) is 2.74. The Kier molecular flexibility index (Phi) is 5.16. The van der Waals surface area contributed by atoms with E-state index in [9.17, 15) is 4.79 Å². The Labute approximate surface area is 107 Å². The molecule has 18 heavy (non-hydrogen) atoms. The highest BCUT2D eigenvalue weighted by Gasteiger charge is 2.11. The number of imidazole rings is 1. The molecular formula is C12H21N5O. The number of hydrogen-bond donors (Lipinski definition) is 2. The molecule has 1 aromatic rings. The van der Waals surface area contributed by atoms with Crippen molar-refractivity contribution in [3.63, 3.8) is 0 Å². The van der Waals surface area contributed by atoms with Gasteiger partial charge in [-0.1, -0.05) is 0 Å². The maximum absolute atomic E-state index is 11.8. The van der Waals surface area contributed by atoms with E-state index in [1.54, 1.807) is 12.5 Å². The summed E-state index contributed by atoms with van der Waals surface area (Å²) in [5, 5.41) is 6.27. The molecule has 1 aliphatic rings. The minimum atomic E-state index is 0.108. The Morgan fingerprint density at radius 2 is 2.33 bits per heavy atom. The minimum Gasteiger partial charge on any atom is -0.353 e. The third-order valence-corrected chi connectivity index (χ3v) is 3.05. The summed E-state index contributed by atoms with van der Waals surface area (Å²) in [5.74, 6) is 0.108. The Balaban J connectivity index is 1.62. The Morgan fingerprint density at radius 1 is 1.39 bits per heavy atom. The maximum atomic E-state index is 11.8. The fourth-order valence-corrected chi connectivity index (χ4v) is 2.06. The van der Waals surface area contributed by atoms with E-state index in [2.05, 4.69) is 20.5 Å². The van der Waals surface area contributed by atoms with E-state index in [-0.39, 0.29) is 5.91 Å². The van der Waals surface area contributed by atoms with Crippen LogP contribution in [0.5, 0.6) is 0 Å². The average molecular weight is 251 g/mol. The molecule has 0 bridgehead atoms. The van der Waals surface area contributed by atoms with Gasteiger partial charge < -0.3 is 15.2 Å². The van der Waals surface area contributed by atoms with Gasteiger partial charge in [0.1, 0.15) is 0 Å². The van der Waals surface area contributed by atoms with Crippen molar-refractivity contribution >= 4 is 5.91 Å². The lowest BCUT2D eigenvalue weighted by Crippen LogP contribution is -2.39. The number of nitrogens with one attached hydrogen (secondary N) is 2. The van der Waals surface area contributed by atoms with Gasteiger partial charge in [-0.2, -0.15) is 0 Å². The molecule has 1 aromatic heterocycles. The largest absolute Gasteiger partial charge is 0.353 e. The molecule has 6 nitrogen and oxygen atoms in total. The van der Waals surface area contributed by atoms with Gasteiger partial charge in [-0.25, -0.2) is 4.98 Å². The Hall–Kier alpha value is -1.40. The molecule has 1 saturated heterocycles. The number of rotatable bonds is 5. The summed E-state index contributed by atoms with van der Waals surface area (Å²) in [6, 6.07) is 0. The summed E-state index contributed by atoms with van der Waals surface area (Å²) in [5.41, 5.74) is 0. The van der Waals surface area contributed by atoms with Crippen molar-refractivity contribution in [1.29, 1.82) is 0 Å². The van der Waals surface area contributed by atoms with E-state index < -0.39 is 0 Å². The van der Waals surface area contributed by atoms with Gasteiger partial charge in [-0.05, 0) is 19.5 Å². The zero-order chi connectivity index (χ0) is 12.6. The molecule has 2 heterocycles. The molecule has 0 saturated carbocycles. The number of carbonyl (C=O) groups excluding carboxylic acids is 1. The molecule has 0 aromatic carbocycles. The quantitative estimate of drug-likeness (QED) is 0.726. The summed E-state index contributed by atoms with van der Waals surface area (Å²) in [4.78, 5) is 17.9. The van der Waals surface area contributed by atoms with Crippen LogP contribution in [0.2, 0.25) is 0 Å². The highest BCUT2D eigenvalue weighted by atomic mass is 16.2. The predicted octanol–water partition coefficient (Wildman–Crippen LogP) is -0.705. The fraction of sp³-hybridized carbons (Fsp3) is 0.667. The number of aromatic nitrogens is 2. The zero-order valence-corrected chi connectivity index (χ0v) is 10.6. The lowest BCUT2D eigenvalue weighted by atomic mass is 10.4. The van der Waals surface area contributed by atoms with E-state index in [1.165, 1.54) is 0 Å². The fourth-order valence-electron chi connectivity index (χ4n) is 2.06. The van der Waals surface area contributed by atoms with Gasteiger partial charge in [-0.15, -0.1) is 0 Å². The van der Waals surface area contributed by atoms with Crippen LogP contribution in [0, 0.1) is 0 Å². The first-order valence-corrected chi connectivity index (χ1v) is 6.50. The summed E-state index contributed by atoms with van der Waals surface area (Å²) in [6.07, 6.45) is 6.51. The Morgan fingerprint density at radius 3 is 3.17 bits per heavy atom. The molecule has 2 N–H and O–H groups in total. The first-order chi connectivity index (χ1) is 8.84. The van der Waals surface area contributed by atoms with Gasteiger partial charge in [0.25, 0.3) is 0 Å². The van der Waals surface area contributed by atoms with Crippen LogP contribution < -0.4 is 10.6 Å². The highest BCUT2D eigenvalue weighted by Crippen LogP contribution is 1.94. The van der Waals surface area contributed by atoms with Crippen molar-refractivity contribution in [2.45, 2.75) is 13.0 Å². The second-order valence-electron chi connectivity index (χ2n) is 4.53. The standard InChI is InChI=1S/C12H21N5O/c18-12(10-16-6-1-2-13-3-7-16)15-5-9-17-8-4-14-11-17/h4,8,11,13H,1-3,5-7,9-10H2,(H,15,18). The normalized spacial score (nSPS) is 17.3. The third-order valence-electron chi connectivity index (χ3n) is 3.05. The number of amides is 1. The highest BCUT2D eigenvalue weighted by molar-refractivity contribution is 5.77. The molecule has 0 aliphatic carbocycles. The van der Waals surface area contributed by atoms with Crippen molar-refractivity contribution in [3.05, 3.63) is 18.7 Å².